The second-order valence-corrected chi connectivity index (χ2v) is 4.14. The van der Waals surface area contributed by atoms with Crippen LogP contribution in [0.25, 0.3) is 0 Å². The fourth-order valence-electron chi connectivity index (χ4n) is 0.960. The fraction of sp³-hybridized carbons (Fsp3) is 0.444. The predicted molar refractivity (Wildman–Crippen MR) is 51.7 cm³/mol. The minimum Gasteiger partial charge on any atom is -0.350 e. The Hall–Kier alpha value is -0.830. The zero-order valence-corrected chi connectivity index (χ0v) is 8.37. The molecule has 0 aliphatic rings. The number of carbonyl (C=O) groups is 1. The molecule has 1 rings (SSSR count). The highest BCUT2D eigenvalue weighted by Gasteiger charge is 2.09. The standard InChI is InChI=1S/C9H13NOS/c1-6(2)10-9(11)8-4-5-12-7(8)3/h4-6H,1-3H3,(H,10,11). The van der Waals surface area contributed by atoms with Gasteiger partial charge in [-0.1, -0.05) is 0 Å². The first kappa shape index (κ1) is 9.26. The van der Waals surface area contributed by atoms with Gasteiger partial charge in [-0.3, -0.25) is 4.79 Å². The maximum atomic E-state index is 11.4. The van der Waals surface area contributed by atoms with Gasteiger partial charge in [-0.05, 0) is 32.2 Å². The molecule has 0 aliphatic heterocycles. The summed E-state index contributed by atoms with van der Waals surface area (Å²) < 4.78 is 0. The SMILES string of the molecule is Cc1sccc1C(=O)NC(C)C. The highest BCUT2D eigenvalue weighted by molar-refractivity contribution is 7.10. The summed E-state index contributed by atoms with van der Waals surface area (Å²) in [6, 6.07) is 2.06. The minimum atomic E-state index is 0.0313. The van der Waals surface area contributed by atoms with E-state index in [1.54, 1.807) is 11.3 Å². The molecule has 0 spiro atoms. The minimum absolute atomic E-state index is 0.0313. The molecule has 1 aromatic heterocycles. The molecule has 3 heteroatoms. The van der Waals surface area contributed by atoms with Crippen molar-refractivity contribution in [1.29, 1.82) is 0 Å². The molecule has 0 saturated carbocycles. The lowest BCUT2D eigenvalue weighted by Crippen LogP contribution is -2.30. The fourth-order valence-corrected chi connectivity index (χ4v) is 1.66. The summed E-state index contributed by atoms with van der Waals surface area (Å²) in [7, 11) is 0. The summed E-state index contributed by atoms with van der Waals surface area (Å²) in [6.45, 7) is 5.87. The average Bonchev–Trinajstić information content (AvgIpc) is 2.33. The summed E-state index contributed by atoms with van der Waals surface area (Å²) in [5.41, 5.74) is 0.800. The quantitative estimate of drug-likeness (QED) is 0.748. The lowest BCUT2D eigenvalue weighted by atomic mass is 10.2. The Labute approximate surface area is 76.6 Å². The Morgan fingerprint density at radius 3 is 2.67 bits per heavy atom. The maximum Gasteiger partial charge on any atom is 0.252 e. The lowest BCUT2D eigenvalue weighted by molar-refractivity contribution is 0.0943. The highest BCUT2D eigenvalue weighted by Crippen LogP contribution is 2.14. The van der Waals surface area contributed by atoms with Gasteiger partial charge >= 0.3 is 0 Å². The Bertz CT molecular complexity index is 278. The predicted octanol–water partition coefficient (Wildman–Crippen LogP) is 2.19. The zero-order valence-electron chi connectivity index (χ0n) is 7.55. The molecular formula is C9H13NOS. The number of amides is 1. The molecule has 1 heterocycles. The van der Waals surface area contributed by atoms with Crippen molar-refractivity contribution in [1.82, 2.24) is 5.32 Å². The van der Waals surface area contributed by atoms with Crippen molar-refractivity contribution in [3.63, 3.8) is 0 Å². The Kier molecular flexibility index (Phi) is 2.87. The van der Waals surface area contributed by atoms with Gasteiger partial charge in [0.05, 0.1) is 5.56 Å². The van der Waals surface area contributed by atoms with Gasteiger partial charge < -0.3 is 5.32 Å². The van der Waals surface area contributed by atoms with E-state index in [1.165, 1.54) is 0 Å². The summed E-state index contributed by atoms with van der Waals surface area (Å²) in [5.74, 6) is 0.0313. The molecule has 0 atom stereocenters. The van der Waals surface area contributed by atoms with E-state index in [-0.39, 0.29) is 11.9 Å². The first-order valence-electron chi connectivity index (χ1n) is 3.96. The van der Waals surface area contributed by atoms with Crippen LogP contribution in [0.1, 0.15) is 29.1 Å². The highest BCUT2D eigenvalue weighted by atomic mass is 32.1. The van der Waals surface area contributed by atoms with Crippen molar-refractivity contribution in [3.8, 4) is 0 Å². The first-order valence-corrected chi connectivity index (χ1v) is 4.84. The molecule has 0 radical (unpaired) electrons. The summed E-state index contributed by atoms with van der Waals surface area (Å²) in [4.78, 5) is 12.5. The van der Waals surface area contributed by atoms with E-state index in [4.69, 9.17) is 0 Å². The third-order valence-electron chi connectivity index (χ3n) is 1.52. The number of nitrogens with one attached hydrogen (secondary N) is 1. The topological polar surface area (TPSA) is 29.1 Å². The molecule has 12 heavy (non-hydrogen) atoms. The van der Waals surface area contributed by atoms with Crippen LogP contribution in [0.5, 0.6) is 0 Å². The monoisotopic (exact) mass is 183 g/mol. The first-order chi connectivity index (χ1) is 5.61. The molecule has 0 fully saturated rings. The molecule has 0 unspecified atom stereocenters. The van der Waals surface area contributed by atoms with Gasteiger partial charge in [0.15, 0.2) is 0 Å². The summed E-state index contributed by atoms with van der Waals surface area (Å²) in [6.07, 6.45) is 0. The Balaban J connectivity index is 2.72. The number of carbonyl (C=O) groups excluding carboxylic acids is 1. The van der Waals surface area contributed by atoms with E-state index in [2.05, 4.69) is 5.32 Å². The molecule has 1 N–H and O–H groups in total. The molecular weight excluding hydrogens is 170 g/mol. The van der Waals surface area contributed by atoms with Gasteiger partial charge in [0, 0.05) is 10.9 Å². The van der Waals surface area contributed by atoms with Gasteiger partial charge in [-0.25, -0.2) is 0 Å². The van der Waals surface area contributed by atoms with E-state index in [0.29, 0.717) is 0 Å². The number of thiophene rings is 1. The summed E-state index contributed by atoms with van der Waals surface area (Å²) >= 11 is 1.60. The van der Waals surface area contributed by atoms with Crippen molar-refractivity contribution < 1.29 is 4.79 Å². The average molecular weight is 183 g/mol. The second-order valence-electron chi connectivity index (χ2n) is 3.02. The Morgan fingerprint density at radius 2 is 2.25 bits per heavy atom. The van der Waals surface area contributed by atoms with Gasteiger partial charge in [0.2, 0.25) is 0 Å². The molecule has 0 saturated heterocycles. The molecule has 0 aromatic carbocycles. The third kappa shape index (κ3) is 2.08. The normalized spacial score (nSPS) is 10.3. The molecule has 1 amide bonds. The van der Waals surface area contributed by atoms with E-state index >= 15 is 0 Å². The summed E-state index contributed by atoms with van der Waals surface area (Å²) in [5, 5.41) is 4.79. The van der Waals surface area contributed by atoms with Crippen LogP contribution in [0.4, 0.5) is 0 Å². The molecule has 0 bridgehead atoms. The van der Waals surface area contributed by atoms with Crippen LogP contribution >= 0.6 is 11.3 Å². The Morgan fingerprint density at radius 1 is 1.58 bits per heavy atom. The van der Waals surface area contributed by atoms with Crippen molar-refractivity contribution in [2.45, 2.75) is 26.8 Å². The maximum absolute atomic E-state index is 11.4. The van der Waals surface area contributed by atoms with Gasteiger partial charge in [-0.15, -0.1) is 11.3 Å². The largest absolute Gasteiger partial charge is 0.350 e. The van der Waals surface area contributed by atoms with Crippen LogP contribution in [-0.2, 0) is 0 Å². The number of aryl methyl sites for hydroxylation is 1. The van der Waals surface area contributed by atoms with Crippen LogP contribution in [-0.4, -0.2) is 11.9 Å². The number of rotatable bonds is 2. The van der Waals surface area contributed by atoms with Gasteiger partial charge in [0.1, 0.15) is 0 Å². The second kappa shape index (κ2) is 3.72. The molecule has 2 nitrogen and oxygen atoms in total. The molecule has 1 aromatic rings. The zero-order chi connectivity index (χ0) is 9.14. The van der Waals surface area contributed by atoms with Gasteiger partial charge in [-0.2, -0.15) is 0 Å². The van der Waals surface area contributed by atoms with Crippen LogP contribution in [0.3, 0.4) is 0 Å². The van der Waals surface area contributed by atoms with E-state index in [9.17, 15) is 4.79 Å². The van der Waals surface area contributed by atoms with E-state index in [0.717, 1.165) is 10.4 Å². The smallest absolute Gasteiger partial charge is 0.252 e. The van der Waals surface area contributed by atoms with Crippen LogP contribution in [0.15, 0.2) is 11.4 Å². The van der Waals surface area contributed by atoms with Crippen LogP contribution < -0.4 is 5.32 Å². The molecule has 66 valence electrons. The van der Waals surface area contributed by atoms with Crippen molar-refractivity contribution in [3.05, 3.63) is 21.9 Å². The van der Waals surface area contributed by atoms with Crippen LogP contribution in [0, 0.1) is 6.92 Å². The van der Waals surface area contributed by atoms with Crippen molar-refractivity contribution in [2.24, 2.45) is 0 Å². The van der Waals surface area contributed by atoms with Crippen LogP contribution in [0.2, 0.25) is 0 Å². The number of hydrogen-bond donors (Lipinski definition) is 1. The van der Waals surface area contributed by atoms with Crippen molar-refractivity contribution in [2.75, 3.05) is 0 Å². The number of hydrogen-bond acceptors (Lipinski definition) is 2. The molecule has 0 aliphatic carbocycles. The van der Waals surface area contributed by atoms with Gasteiger partial charge in [0.25, 0.3) is 5.91 Å². The van der Waals surface area contributed by atoms with E-state index < -0.39 is 0 Å². The van der Waals surface area contributed by atoms with Crippen molar-refractivity contribution >= 4 is 17.2 Å². The third-order valence-corrected chi connectivity index (χ3v) is 2.37. The lowest BCUT2D eigenvalue weighted by Gasteiger charge is -2.07. The van der Waals surface area contributed by atoms with E-state index in [1.807, 2.05) is 32.2 Å².